The number of aliphatic carboxylic acids is 6. The summed E-state index contributed by atoms with van der Waals surface area (Å²) in [6.07, 6.45) is -6.16. The first-order valence-corrected chi connectivity index (χ1v) is 26.0. The molecule has 1 heterocycles. The van der Waals surface area contributed by atoms with Gasteiger partial charge in [-0.15, -0.1) is 0 Å². The maximum Gasteiger partial charge on any atom is 0.509 e. The number of hydrogen-bond donors (Lipinski definition) is 13. The zero-order valence-electron chi connectivity index (χ0n) is 40.9. The Morgan fingerprint density at radius 1 is 0.658 bits per heavy atom. The minimum atomic E-state index is -1.88. The van der Waals surface area contributed by atoms with E-state index in [0.29, 0.717) is 24.9 Å². The largest absolute Gasteiger partial charge is 0.509 e. The number of carbonyl (C=O) groups is 13. The van der Waals surface area contributed by atoms with Gasteiger partial charge in [-0.2, -0.15) is 0 Å². The fraction of sp³-hybridized carbons (Fsp3) is 0.545. The highest BCUT2D eigenvalue weighted by Gasteiger charge is 2.37. The van der Waals surface area contributed by atoms with E-state index < -0.39 is 170 Å². The molecule has 29 nitrogen and oxygen atoms in total. The number of likely N-dealkylation sites (tertiary alicyclic amines) is 1. The molecule has 2 rings (SSSR count). The second kappa shape index (κ2) is 33.4. The Hall–Kier alpha value is -7.48. The Balaban J connectivity index is 2.01. The fourth-order valence-electron chi connectivity index (χ4n) is 6.91. The van der Waals surface area contributed by atoms with Crippen LogP contribution in [0.25, 0.3) is 0 Å². The molecule has 76 heavy (non-hydrogen) atoms. The quantitative estimate of drug-likeness (QED) is 0.0158. The van der Waals surface area contributed by atoms with Crippen LogP contribution in [-0.4, -0.2) is 198 Å². The number of carboxylic acid groups (broad SMARTS) is 6. The zero-order valence-corrected chi connectivity index (χ0v) is 43.3. The average Bonchev–Trinajstić information content (AvgIpc) is 3.85. The van der Waals surface area contributed by atoms with Gasteiger partial charge in [0.15, 0.2) is 11.2 Å². The first-order chi connectivity index (χ1) is 35.8. The molecular formula is C44H60N8O21S3. The van der Waals surface area contributed by atoms with E-state index in [2.05, 4.69) is 37.2 Å². The Morgan fingerprint density at radius 2 is 1.17 bits per heavy atom. The van der Waals surface area contributed by atoms with E-state index >= 15 is 0 Å². The van der Waals surface area contributed by atoms with Crippen molar-refractivity contribution in [3.05, 3.63) is 35.9 Å². The molecule has 8 atom stereocenters. The van der Waals surface area contributed by atoms with E-state index in [1.807, 2.05) is 0 Å². The molecule has 0 radical (unpaired) electrons. The summed E-state index contributed by atoms with van der Waals surface area (Å²) < 4.78 is 10.1. The molecular weight excluding hydrogens is 1070 g/mol. The summed E-state index contributed by atoms with van der Waals surface area (Å²) in [5, 5.41) is 72.5. The van der Waals surface area contributed by atoms with Gasteiger partial charge in [0.2, 0.25) is 29.5 Å². The van der Waals surface area contributed by atoms with E-state index in [-0.39, 0.29) is 30.4 Å². The van der Waals surface area contributed by atoms with Crippen LogP contribution in [0.4, 0.5) is 4.79 Å². The van der Waals surface area contributed by atoms with Gasteiger partial charge in [-0.25, -0.2) is 24.0 Å². The second-order valence-corrected chi connectivity index (χ2v) is 19.5. The summed E-state index contributed by atoms with van der Waals surface area (Å²) in [6.45, 7) is 1.41. The molecule has 0 aromatic heterocycles. The van der Waals surface area contributed by atoms with Gasteiger partial charge in [-0.1, -0.05) is 51.9 Å². The molecule has 1 saturated heterocycles. The monoisotopic (exact) mass is 1130 g/mol. The molecule has 0 bridgehead atoms. The van der Waals surface area contributed by atoms with Crippen LogP contribution < -0.4 is 37.2 Å². The molecule has 13 N–H and O–H groups in total. The molecule has 1 aromatic carbocycles. The molecule has 1 fully saturated rings. The van der Waals surface area contributed by atoms with Gasteiger partial charge in [0.05, 0.1) is 6.42 Å². The molecule has 6 amide bonds. The third-order valence-corrected chi connectivity index (χ3v) is 13.4. The van der Waals surface area contributed by atoms with E-state index in [1.54, 1.807) is 30.3 Å². The number of hydrogen-bond acceptors (Lipinski definition) is 18. The van der Waals surface area contributed by atoms with Gasteiger partial charge in [-0.05, 0) is 56.8 Å². The van der Waals surface area contributed by atoms with Gasteiger partial charge in [0.25, 0.3) is 5.91 Å². The zero-order chi connectivity index (χ0) is 57.1. The van der Waals surface area contributed by atoms with Crippen molar-refractivity contribution in [2.24, 2.45) is 0 Å². The predicted molar refractivity (Wildman–Crippen MR) is 268 cm³/mol. The molecule has 32 heteroatoms. The summed E-state index contributed by atoms with van der Waals surface area (Å²) >= 11 is 4.94. The number of ether oxygens (including phenoxy) is 2. The highest BCUT2D eigenvalue weighted by molar-refractivity contribution is 8.76. The summed E-state index contributed by atoms with van der Waals surface area (Å²) in [5.41, 5.74) is 0.468. The van der Waals surface area contributed by atoms with Crippen molar-refractivity contribution >= 4 is 116 Å². The molecule has 0 saturated carbocycles. The van der Waals surface area contributed by atoms with Crippen LogP contribution in [-0.2, 0) is 73.4 Å². The van der Waals surface area contributed by atoms with Crippen LogP contribution >= 0.6 is 33.8 Å². The third kappa shape index (κ3) is 24.2. The molecule has 0 aliphatic carbocycles. The number of rotatable bonds is 34. The lowest BCUT2D eigenvalue weighted by Crippen LogP contribution is -2.57. The minimum absolute atomic E-state index is 0.102. The second-order valence-electron chi connectivity index (χ2n) is 16.5. The predicted octanol–water partition coefficient (Wildman–Crippen LogP) is -1.73. The number of likely N-dealkylation sites (N-methyl/N-ethyl adjacent to an activating group) is 1. The standard InChI is InChI=1S/C44H60N8O21S3/c1-22(38(62)52-16-6-9-30(52)37(61)45-2)73-44(71)72-17-18-75-76-21-29(42(69)70)49-35(59)27(19-23-7-4-3-5-8-23)48-36(60)28(20-34(57)58)47-32(54)13-10-24(39(63)64)46-31(53)14-11-25(40(65)66)50-43(74)51-26(41(67)68)12-15-33(55)56/h3-5,7-8,22,24-30H,6,9-21H2,1-2H3,(H,45,61)(H,46,53)(H,47,54)(H,48,60)(H,49,59)(H,55,56)(H,57,58)(H,63,64)(H,65,66)(H,67,68)(H,69,70)(H2,50,51,74)/t22-,24+,25+,26+,27+,28+,29+,30?/m1/s1. The van der Waals surface area contributed by atoms with E-state index in [0.717, 1.165) is 21.6 Å². The van der Waals surface area contributed by atoms with Crippen LogP contribution in [0.15, 0.2) is 30.3 Å². The first kappa shape index (κ1) is 64.6. The minimum Gasteiger partial charge on any atom is -0.481 e. The summed E-state index contributed by atoms with van der Waals surface area (Å²) in [4.78, 5) is 162. The molecule has 1 aliphatic rings. The SMILES string of the molecule is CNC(=O)C1CCCN1C(=O)[C@@H](C)OC(=O)OCCSSC[C@H](NC(=O)[C@H](Cc1ccccc1)NC(=O)[C@H](CC(=O)O)NC(=O)CC[C@H](NC(=O)CC[C@H](NC(=S)N[C@@H](CCC(=O)O)C(=O)O)C(=O)O)C(=O)O)C(=O)O. The van der Waals surface area contributed by atoms with Crippen LogP contribution in [0.5, 0.6) is 0 Å². The maximum atomic E-state index is 13.7. The first-order valence-electron chi connectivity index (χ1n) is 23.1. The number of amides is 6. The van der Waals surface area contributed by atoms with Gasteiger partial charge in [0.1, 0.15) is 48.9 Å². The van der Waals surface area contributed by atoms with E-state index in [4.69, 9.17) is 26.8 Å². The number of carboxylic acids is 6. The smallest absolute Gasteiger partial charge is 0.481 e. The van der Waals surface area contributed by atoms with Gasteiger partial charge >= 0.3 is 42.0 Å². The van der Waals surface area contributed by atoms with Crippen molar-refractivity contribution in [2.75, 3.05) is 31.7 Å². The number of nitrogens with one attached hydrogen (secondary N) is 7. The van der Waals surface area contributed by atoms with Gasteiger partial charge < -0.3 is 82.2 Å². The highest BCUT2D eigenvalue weighted by Crippen LogP contribution is 2.23. The average molecular weight is 1130 g/mol. The Bertz CT molecular complexity index is 2280. The normalized spacial score (nSPS) is 15.5. The number of nitrogens with zero attached hydrogens (tertiary/aromatic N) is 1. The fourth-order valence-corrected chi connectivity index (χ4v) is 9.18. The maximum absolute atomic E-state index is 13.7. The number of benzene rings is 1. The molecule has 1 aliphatic heterocycles. The lowest BCUT2D eigenvalue weighted by atomic mass is 10.0. The van der Waals surface area contributed by atoms with Crippen molar-refractivity contribution in [1.82, 2.24) is 42.1 Å². The van der Waals surface area contributed by atoms with E-state index in [9.17, 15) is 87.9 Å². The third-order valence-electron chi connectivity index (χ3n) is 10.8. The highest BCUT2D eigenvalue weighted by atomic mass is 33.1. The van der Waals surface area contributed by atoms with Crippen LogP contribution in [0.2, 0.25) is 0 Å². The van der Waals surface area contributed by atoms with Crippen molar-refractivity contribution < 1.29 is 102 Å². The van der Waals surface area contributed by atoms with Crippen LogP contribution in [0.3, 0.4) is 0 Å². The Labute approximate surface area is 446 Å². The van der Waals surface area contributed by atoms with Crippen molar-refractivity contribution in [3.8, 4) is 0 Å². The Kier molecular flexibility index (Phi) is 28.4. The van der Waals surface area contributed by atoms with E-state index in [1.165, 1.54) is 18.9 Å². The summed E-state index contributed by atoms with van der Waals surface area (Å²) in [7, 11) is 3.46. The number of carbonyl (C=O) groups excluding carboxylic acids is 7. The lowest BCUT2D eigenvalue weighted by Gasteiger charge is -2.25. The van der Waals surface area contributed by atoms with Gasteiger partial charge in [0, 0.05) is 50.8 Å². The van der Waals surface area contributed by atoms with Crippen molar-refractivity contribution in [3.63, 3.8) is 0 Å². The van der Waals surface area contributed by atoms with Crippen LogP contribution in [0, 0.1) is 0 Å². The topological polar surface area (TPSA) is 449 Å². The molecule has 420 valence electrons. The molecule has 0 spiro atoms. The number of thiocarbonyl (C=S) groups is 1. The molecule has 1 unspecified atom stereocenters. The van der Waals surface area contributed by atoms with Crippen LogP contribution in [0.1, 0.15) is 70.3 Å². The molecule has 1 aromatic rings. The Morgan fingerprint density at radius 3 is 1.70 bits per heavy atom. The summed E-state index contributed by atoms with van der Waals surface area (Å²) in [6, 6.07) is -2.56. The van der Waals surface area contributed by atoms with Gasteiger partial charge in [-0.3, -0.25) is 38.4 Å². The summed E-state index contributed by atoms with van der Waals surface area (Å²) in [5.74, 6) is -14.4. The van der Waals surface area contributed by atoms with Crippen molar-refractivity contribution in [1.29, 1.82) is 0 Å². The van der Waals surface area contributed by atoms with Crippen molar-refractivity contribution in [2.45, 2.75) is 120 Å². The lowest BCUT2D eigenvalue weighted by molar-refractivity contribution is -0.145.